The van der Waals surface area contributed by atoms with Crippen LogP contribution in [0.15, 0.2) is 85.1 Å². The van der Waals surface area contributed by atoms with E-state index in [1.165, 1.54) is 51.4 Å². The highest BCUT2D eigenvalue weighted by Crippen LogP contribution is 2.43. The molecular formula is C56H95O11P. The molecule has 0 radical (unpaired) electrons. The quantitative estimate of drug-likeness (QED) is 0.0197. The van der Waals surface area contributed by atoms with Crippen LogP contribution in [0.2, 0.25) is 0 Å². The lowest BCUT2D eigenvalue weighted by Gasteiger charge is -2.21. The Morgan fingerprint density at radius 3 is 1.26 bits per heavy atom. The number of carbonyl (C=O) groups excluding carboxylic acids is 3. The molecule has 11 nitrogen and oxygen atoms in total. The zero-order valence-corrected chi connectivity index (χ0v) is 43.7. The van der Waals surface area contributed by atoms with Crippen LogP contribution in [0, 0.1) is 0 Å². The molecule has 2 N–H and O–H groups in total. The second-order valence-electron chi connectivity index (χ2n) is 17.3. The van der Waals surface area contributed by atoms with Crippen LogP contribution in [0.25, 0.3) is 0 Å². The second kappa shape index (κ2) is 50.1. The number of allylic oxidation sites excluding steroid dienone is 14. The summed E-state index contributed by atoms with van der Waals surface area (Å²) in [6, 6.07) is 0. The van der Waals surface area contributed by atoms with Gasteiger partial charge in [-0.05, 0) is 89.9 Å². The molecule has 0 bridgehead atoms. The summed E-state index contributed by atoms with van der Waals surface area (Å²) < 4.78 is 39.3. The van der Waals surface area contributed by atoms with Gasteiger partial charge >= 0.3 is 25.7 Å². The van der Waals surface area contributed by atoms with Crippen molar-refractivity contribution < 1.29 is 52.2 Å². The van der Waals surface area contributed by atoms with E-state index in [-0.39, 0.29) is 25.9 Å². The van der Waals surface area contributed by atoms with Gasteiger partial charge in [0, 0.05) is 19.3 Å². The van der Waals surface area contributed by atoms with Crippen LogP contribution in [-0.4, -0.2) is 66.5 Å². The molecule has 0 aromatic carbocycles. The van der Waals surface area contributed by atoms with Crippen LogP contribution in [0.3, 0.4) is 0 Å². The van der Waals surface area contributed by atoms with Crippen LogP contribution >= 0.6 is 7.82 Å². The summed E-state index contributed by atoms with van der Waals surface area (Å²) in [5, 5.41) is 9.75. The minimum atomic E-state index is -4.76. The Morgan fingerprint density at radius 1 is 0.426 bits per heavy atom. The summed E-state index contributed by atoms with van der Waals surface area (Å²) in [4.78, 5) is 48.3. The molecule has 12 heteroatoms. The summed E-state index contributed by atoms with van der Waals surface area (Å²) in [6.45, 7) is 4.38. The van der Waals surface area contributed by atoms with Crippen LogP contribution in [-0.2, 0) is 42.2 Å². The average Bonchev–Trinajstić information content (AvgIpc) is 3.32. The van der Waals surface area contributed by atoms with Crippen LogP contribution in [0.1, 0.15) is 213 Å². The maximum absolute atomic E-state index is 12.8. The number of aliphatic hydroxyl groups is 1. The van der Waals surface area contributed by atoms with Gasteiger partial charge in [-0.15, -0.1) is 0 Å². The fourth-order valence-electron chi connectivity index (χ4n) is 6.77. The van der Waals surface area contributed by atoms with E-state index in [0.717, 1.165) is 96.3 Å². The highest BCUT2D eigenvalue weighted by Gasteiger charge is 2.28. The van der Waals surface area contributed by atoms with E-state index in [1.807, 2.05) is 12.2 Å². The normalized spacial score (nSPS) is 14.1. The van der Waals surface area contributed by atoms with E-state index in [0.29, 0.717) is 25.7 Å². The van der Waals surface area contributed by atoms with Crippen LogP contribution in [0.5, 0.6) is 0 Å². The Hall–Kier alpha value is -3.34. The summed E-state index contributed by atoms with van der Waals surface area (Å²) in [7, 11) is -4.76. The van der Waals surface area contributed by atoms with Crippen molar-refractivity contribution in [2.75, 3.05) is 26.4 Å². The standard InChI is InChI=1S/C56H95O11P/c1-4-7-10-13-16-19-21-23-25-26-28-30-32-35-38-41-44-47-56(60)67-53(49-63-54(58)45-42-39-36-34-31-29-27-24-22-20-17-14-11-8-5-2)51-65-68(61,62)64-50-52(48-57)66-55(59)46-43-40-37-33-18-15-12-9-6-3/h7,10,16-17,19-20,23-25,27-28,30,35,38,52-53,57H,4-6,8-9,11-15,18,21-22,26,29,31-34,36-37,39-51H2,1-3H3,(H,61,62)/b10-7-,19-16-,20-17-,25-23-,27-24-,30-28-,38-35-. The molecule has 0 fully saturated rings. The van der Waals surface area contributed by atoms with Crippen molar-refractivity contribution in [3.05, 3.63) is 85.1 Å². The molecule has 0 rings (SSSR count). The number of phosphoric ester groups is 1. The Balaban J connectivity index is 4.87. The number of carbonyl (C=O) groups is 3. The minimum absolute atomic E-state index is 0.0839. The lowest BCUT2D eigenvalue weighted by Crippen LogP contribution is -2.30. The monoisotopic (exact) mass is 975 g/mol. The van der Waals surface area contributed by atoms with E-state index in [4.69, 9.17) is 23.3 Å². The van der Waals surface area contributed by atoms with E-state index in [2.05, 4.69) is 93.7 Å². The second-order valence-corrected chi connectivity index (χ2v) is 18.8. The number of ether oxygens (including phenoxy) is 3. The van der Waals surface area contributed by atoms with Crippen molar-refractivity contribution in [1.29, 1.82) is 0 Å². The average molecular weight is 975 g/mol. The number of rotatable bonds is 48. The molecule has 390 valence electrons. The van der Waals surface area contributed by atoms with Gasteiger partial charge < -0.3 is 24.2 Å². The van der Waals surface area contributed by atoms with E-state index >= 15 is 0 Å². The van der Waals surface area contributed by atoms with Crippen molar-refractivity contribution in [2.45, 2.75) is 226 Å². The van der Waals surface area contributed by atoms with Crippen molar-refractivity contribution in [1.82, 2.24) is 0 Å². The predicted octanol–water partition coefficient (Wildman–Crippen LogP) is 15.1. The fraction of sp³-hybridized carbons (Fsp3) is 0.696. The van der Waals surface area contributed by atoms with Gasteiger partial charge in [0.25, 0.3) is 0 Å². The molecular weight excluding hydrogens is 880 g/mol. The number of hydrogen-bond donors (Lipinski definition) is 2. The van der Waals surface area contributed by atoms with Crippen molar-refractivity contribution in [2.24, 2.45) is 0 Å². The first-order valence-corrected chi connectivity index (χ1v) is 28.0. The largest absolute Gasteiger partial charge is 0.472 e. The molecule has 0 spiro atoms. The van der Waals surface area contributed by atoms with Gasteiger partial charge in [0.15, 0.2) is 6.10 Å². The van der Waals surface area contributed by atoms with Gasteiger partial charge in [-0.2, -0.15) is 0 Å². The zero-order valence-electron chi connectivity index (χ0n) is 42.8. The van der Waals surface area contributed by atoms with Crippen molar-refractivity contribution in [3.63, 3.8) is 0 Å². The maximum Gasteiger partial charge on any atom is 0.472 e. The number of phosphoric acid groups is 1. The Morgan fingerprint density at radius 2 is 0.779 bits per heavy atom. The first-order chi connectivity index (χ1) is 33.2. The molecule has 0 aliphatic rings. The van der Waals surface area contributed by atoms with Crippen molar-refractivity contribution >= 4 is 25.7 Å². The van der Waals surface area contributed by atoms with Gasteiger partial charge in [0.2, 0.25) is 0 Å². The third kappa shape index (κ3) is 47.7. The molecule has 68 heavy (non-hydrogen) atoms. The lowest BCUT2D eigenvalue weighted by atomic mass is 10.1. The molecule has 0 aromatic rings. The predicted molar refractivity (Wildman–Crippen MR) is 279 cm³/mol. The molecule has 0 amide bonds. The minimum Gasteiger partial charge on any atom is -0.462 e. The Labute approximate surface area is 413 Å². The molecule has 0 aliphatic carbocycles. The molecule has 3 unspecified atom stereocenters. The maximum atomic E-state index is 12.8. The van der Waals surface area contributed by atoms with Gasteiger partial charge in [-0.1, -0.05) is 189 Å². The SMILES string of the molecule is CC/C=C\C/C=C\C/C=C\C/C=C\C/C=C\CCCC(=O)OC(COC(=O)CCCCCCC/C=C\C/C=C\CCCCC)COP(=O)(O)OCC(CO)OC(=O)CCCCCCCCCCC. The van der Waals surface area contributed by atoms with Crippen molar-refractivity contribution in [3.8, 4) is 0 Å². The zero-order chi connectivity index (χ0) is 49.9. The number of hydrogen-bond acceptors (Lipinski definition) is 10. The van der Waals surface area contributed by atoms with Gasteiger partial charge in [-0.25, -0.2) is 4.57 Å². The fourth-order valence-corrected chi connectivity index (χ4v) is 7.56. The molecule has 0 saturated heterocycles. The van der Waals surface area contributed by atoms with Crippen LogP contribution in [0.4, 0.5) is 0 Å². The molecule has 0 aliphatic heterocycles. The summed E-state index contributed by atoms with van der Waals surface area (Å²) in [5.41, 5.74) is 0. The number of esters is 3. The van der Waals surface area contributed by atoms with Crippen LogP contribution < -0.4 is 0 Å². The van der Waals surface area contributed by atoms with E-state index < -0.39 is 57.8 Å². The third-order valence-electron chi connectivity index (χ3n) is 10.8. The van der Waals surface area contributed by atoms with E-state index in [9.17, 15) is 28.9 Å². The first kappa shape index (κ1) is 64.7. The van der Waals surface area contributed by atoms with Gasteiger partial charge in [0.05, 0.1) is 19.8 Å². The highest BCUT2D eigenvalue weighted by atomic mass is 31.2. The first-order valence-electron chi connectivity index (χ1n) is 26.5. The van der Waals surface area contributed by atoms with Gasteiger partial charge in [-0.3, -0.25) is 23.4 Å². The van der Waals surface area contributed by atoms with Gasteiger partial charge in [0.1, 0.15) is 12.7 Å². The lowest BCUT2D eigenvalue weighted by molar-refractivity contribution is -0.161. The highest BCUT2D eigenvalue weighted by molar-refractivity contribution is 7.47. The molecule has 0 heterocycles. The number of unbranched alkanes of at least 4 members (excludes halogenated alkanes) is 17. The summed E-state index contributed by atoms with van der Waals surface area (Å²) in [6.07, 6.45) is 55.6. The topological polar surface area (TPSA) is 155 Å². The smallest absolute Gasteiger partial charge is 0.462 e. The van der Waals surface area contributed by atoms with E-state index in [1.54, 1.807) is 0 Å². The summed E-state index contributed by atoms with van der Waals surface area (Å²) >= 11 is 0. The number of aliphatic hydroxyl groups excluding tert-OH is 1. The summed E-state index contributed by atoms with van der Waals surface area (Å²) in [5.74, 6) is -1.56. The molecule has 3 atom stereocenters. The Bertz CT molecular complexity index is 1460. The third-order valence-corrected chi connectivity index (χ3v) is 11.8. The molecule has 0 aromatic heterocycles. The molecule has 0 saturated carbocycles. The Kier molecular flexibility index (Phi) is 47.6.